The number of piperidine rings is 1. The second-order valence-corrected chi connectivity index (χ2v) is 4.28. The van der Waals surface area contributed by atoms with Crippen molar-refractivity contribution in [3.63, 3.8) is 0 Å². The number of imide groups is 1. The molecule has 0 bridgehead atoms. The summed E-state index contributed by atoms with van der Waals surface area (Å²) in [4.78, 5) is 32.7. The van der Waals surface area contributed by atoms with Gasteiger partial charge in [0, 0.05) is 24.5 Å². The molecular weight excluding hydrogens is 236 g/mol. The quantitative estimate of drug-likeness (QED) is 0.494. The molecule has 2 rings (SSSR count). The van der Waals surface area contributed by atoms with Crippen LogP contribution in [0.4, 0.5) is 5.69 Å². The summed E-state index contributed by atoms with van der Waals surface area (Å²) in [6, 6.07) is 6.22. The number of amides is 2. The smallest absolute Gasteiger partial charge is 0.269 e. The Bertz CT molecular complexity index is 513. The van der Waals surface area contributed by atoms with Gasteiger partial charge in [-0.25, -0.2) is 0 Å². The van der Waals surface area contributed by atoms with Gasteiger partial charge < -0.3 is 0 Å². The maximum absolute atomic E-state index is 11.6. The summed E-state index contributed by atoms with van der Waals surface area (Å²) in [6.45, 7) is 0. The number of non-ortho nitro benzene ring substituents is 1. The van der Waals surface area contributed by atoms with E-state index in [1.165, 1.54) is 12.1 Å². The standard InChI is InChI=1S/C12H12N2O4/c15-11-5-4-9(12(16)13-11)6-8-2-1-3-10(7-8)14(17)18/h1-3,7,9H,4-6H2,(H,13,15,16). The minimum atomic E-state index is -0.464. The van der Waals surface area contributed by atoms with Crippen LogP contribution in [0, 0.1) is 16.0 Å². The molecule has 0 radical (unpaired) electrons. The highest BCUT2D eigenvalue weighted by molar-refractivity contribution is 5.98. The van der Waals surface area contributed by atoms with Crippen LogP contribution in [-0.2, 0) is 16.0 Å². The van der Waals surface area contributed by atoms with Crippen LogP contribution in [0.25, 0.3) is 0 Å². The van der Waals surface area contributed by atoms with Gasteiger partial charge in [-0.2, -0.15) is 0 Å². The lowest BCUT2D eigenvalue weighted by atomic mass is 9.91. The summed E-state index contributed by atoms with van der Waals surface area (Å²) in [6.07, 6.45) is 1.24. The minimum absolute atomic E-state index is 0.0137. The first-order chi connectivity index (χ1) is 8.56. The van der Waals surface area contributed by atoms with Gasteiger partial charge in [0.25, 0.3) is 5.69 Å². The van der Waals surface area contributed by atoms with Gasteiger partial charge in [0.05, 0.1) is 4.92 Å². The van der Waals surface area contributed by atoms with E-state index < -0.39 is 4.92 Å². The van der Waals surface area contributed by atoms with Crippen molar-refractivity contribution in [3.05, 3.63) is 39.9 Å². The van der Waals surface area contributed by atoms with Crippen molar-refractivity contribution in [2.45, 2.75) is 19.3 Å². The number of nitrogens with zero attached hydrogens (tertiary/aromatic N) is 1. The number of nitro benzene ring substituents is 1. The van der Waals surface area contributed by atoms with Crippen molar-refractivity contribution >= 4 is 17.5 Å². The lowest BCUT2D eigenvalue weighted by molar-refractivity contribution is -0.384. The summed E-state index contributed by atoms with van der Waals surface area (Å²) >= 11 is 0. The fraction of sp³-hybridized carbons (Fsp3) is 0.333. The molecule has 6 nitrogen and oxygen atoms in total. The molecular formula is C12H12N2O4. The van der Waals surface area contributed by atoms with E-state index >= 15 is 0 Å². The van der Waals surface area contributed by atoms with E-state index in [9.17, 15) is 19.7 Å². The van der Waals surface area contributed by atoms with Gasteiger partial charge in [0.2, 0.25) is 11.8 Å². The van der Waals surface area contributed by atoms with Crippen molar-refractivity contribution in [1.82, 2.24) is 5.32 Å². The predicted octanol–water partition coefficient (Wildman–Crippen LogP) is 1.19. The number of carbonyl (C=O) groups is 2. The number of nitro groups is 1. The Kier molecular flexibility index (Phi) is 3.36. The fourth-order valence-electron chi connectivity index (χ4n) is 2.01. The third kappa shape index (κ3) is 2.71. The zero-order valence-corrected chi connectivity index (χ0v) is 9.59. The Hall–Kier alpha value is -2.24. The molecule has 1 aliphatic rings. The number of benzene rings is 1. The van der Waals surface area contributed by atoms with Crippen LogP contribution in [0.15, 0.2) is 24.3 Å². The number of carbonyl (C=O) groups excluding carboxylic acids is 2. The summed E-state index contributed by atoms with van der Waals surface area (Å²) in [5.41, 5.74) is 0.749. The van der Waals surface area contributed by atoms with Crippen molar-refractivity contribution in [3.8, 4) is 0 Å². The molecule has 0 saturated carbocycles. The molecule has 1 aromatic carbocycles. The Morgan fingerprint density at radius 1 is 1.39 bits per heavy atom. The molecule has 6 heteroatoms. The van der Waals surface area contributed by atoms with Crippen LogP contribution in [0.2, 0.25) is 0 Å². The van der Waals surface area contributed by atoms with Crippen LogP contribution in [0.5, 0.6) is 0 Å². The molecule has 1 aromatic rings. The van der Waals surface area contributed by atoms with Gasteiger partial charge in [-0.05, 0) is 18.4 Å². The molecule has 0 aliphatic carbocycles. The average molecular weight is 248 g/mol. The molecule has 94 valence electrons. The Morgan fingerprint density at radius 2 is 2.17 bits per heavy atom. The average Bonchev–Trinajstić information content (AvgIpc) is 2.33. The van der Waals surface area contributed by atoms with E-state index in [0.717, 1.165) is 5.56 Å². The molecule has 0 aromatic heterocycles. The topological polar surface area (TPSA) is 89.3 Å². The van der Waals surface area contributed by atoms with Gasteiger partial charge >= 0.3 is 0 Å². The maximum Gasteiger partial charge on any atom is 0.269 e. The third-order valence-corrected chi connectivity index (χ3v) is 2.96. The zero-order valence-electron chi connectivity index (χ0n) is 9.59. The van der Waals surface area contributed by atoms with E-state index in [1.807, 2.05) is 0 Å². The van der Waals surface area contributed by atoms with Crippen molar-refractivity contribution in [1.29, 1.82) is 0 Å². The van der Waals surface area contributed by atoms with E-state index in [4.69, 9.17) is 0 Å². The first-order valence-electron chi connectivity index (χ1n) is 5.63. The highest BCUT2D eigenvalue weighted by atomic mass is 16.6. The van der Waals surface area contributed by atoms with E-state index in [-0.39, 0.29) is 23.4 Å². The van der Waals surface area contributed by atoms with Crippen LogP contribution in [0.1, 0.15) is 18.4 Å². The third-order valence-electron chi connectivity index (χ3n) is 2.96. The fourth-order valence-corrected chi connectivity index (χ4v) is 2.01. The zero-order chi connectivity index (χ0) is 13.1. The molecule has 1 saturated heterocycles. The molecule has 1 atom stereocenters. The van der Waals surface area contributed by atoms with Gasteiger partial charge in [-0.1, -0.05) is 12.1 Å². The molecule has 2 amide bonds. The lowest BCUT2D eigenvalue weighted by Gasteiger charge is -2.20. The monoisotopic (exact) mass is 248 g/mol. The molecule has 0 spiro atoms. The highest BCUT2D eigenvalue weighted by Crippen LogP contribution is 2.20. The number of hydrogen-bond donors (Lipinski definition) is 1. The SMILES string of the molecule is O=C1CCC(Cc2cccc([N+](=O)[O-])c2)C(=O)N1. The van der Waals surface area contributed by atoms with Crippen LogP contribution >= 0.6 is 0 Å². The van der Waals surface area contributed by atoms with Gasteiger partial charge in [-0.3, -0.25) is 25.0 Å². The van der Waals surface area contributed by atoms with Crippen LogP contribution in [-0.4, -0.2) is 16.7 Å². The number of nitrogens with one attached hydrogen (secondary N) is 1. The summed E-state index contributed by atoms with van der Waals surface area (Å²) < 4.78 is 0. The predicted molar refractivity (Wildman–Crippen MR) is 62.7 cm³/mol. The Morgan fingerprint density at radius 3 is 2.83 bits per heavy atom. The maximum atomic E-state index is 11.6. The summed E-state index contributed by atoms with van der Waals surface area (Å²) in [7, 11) is 0. The molecule has 18 heavy (non-hydrogen) atoms. The molecule has 1 fully saturated rings. The molecule has 1 N–H and O–H groups in total. The summed E-state index contributed by atoms with van der Waals surface area (Å²) in [5.74, 6) is -0.835. The largest absolute Gasteiger partial charge is 0.296 e. The first kappa shape index (κ1) is 12.2. The Labute approximate surface area is 103 Å². The van der Waals surface area contributed by atoms with E-state index in [2.05, 4.69) is 5.32 Å². The van der Waals surface area contributed by atoms with E-state index in [1.54, 1.807) is 12.1 Å². The highest BCUT2D eigenvalue weighted by Gasteiger charge is 2.26. The Balaban J connectivity index is 2.09. The van der Waals surface area contributed by atoms with Crippen LogP contribution < -0.4 is 5.32 Å². The first-order valence-corrected chi connectivity index (χ1v) is 5.63. The van der Waals surface area contributed by atoms with Gasteiger partial charge in [0.1, 0.15) is 0 Å². The molecule has 1 heterocycles. The number of hydrogen-bond acceptors (Lipinski definition) is 4. The van der Waals surface area contributed by atoms with Crippen molar-refractivity contribution < 1.29 is 14.5 Å². The van der Waals surface area contributed by atoms with Crippen LogP contribution in [0.3, 0.4) is 0 Å². The second kappa shape index (κ2) is 4.95. The van der Waals surface area contributed by atoms with Gasteiger partial charge in [0.15, 0.2) is 0 Å². The van der Waals surface area contributed by atoms with Crippen molar-refractivity contribution in [2.75, 3.05) is 0 Å². The van der Waals surface area contributed by atoms with Crippen molar-refractivity contribution in [2.24, 2.45) is 5.92 Å². The normalized spacial score (nSPS) is 19.4. The second-order valence-electron chi connectivity index (χ2n) is 4.28. The molecule has 1 aliphatic heterocycles. The van der Waals surface area contributed by atoms with Gasteiger partial charge in [-0.15, -0.1) is 0 Å². The summed E-state index contributed by atoms with van der Waals surface area (Å²) in [5, 5.41) is 12.9. The van der Waals surface area contributed by atoms with E-state index in [0.29, 0.717) is 19.3 Å². The lowest BCUT2D eigenvalue weighted by Crippen LogP contribution is -2.41. The number of rotatable bonds is 3. The minimum Gasteiger partial charge on any atom is -0.296 e. The molecule has 1 unspecified atom stereocenters.